The summed E-state index contributed by atoms with van der Waals surface area (Å²) in [7, 11) is 4.36. The zero-order valence-electron chi connectivity index (χ0n) is 15.1. The standard InChI is InChI=1S/C19H20F3NO4/c1-25-15-10-13(11-16(26-2)17(15)27-3)18(24)23-9-8-12-4-6-14(7-5-12)19(20,21)22/h4-7,10-11H,8-9H2,1-3H3,(H,23,24). The van der Waals surface area contributed by atoms with Gasteiger partial charge in [0, 0.05) is 12.1 Å². The summed E-state index contributed by atoms with van der Waals surface area (Å²) in [5.41, 5.74) is 0.304. The fraction of sp³-hybridized carbons (Fsp3) is 0.316. The number of halogens is 3. The van der Waals surface area contributed by atoms with E-state index in [1.165, 1.54) is 45.6 Å². The van der Waals surface area contributed by atoms with Crippen LogP contribution in [0.1, 0.15) is 21.5 Å². The van der Waals surface area contributed by atoms with E-state index in [0.29, 0.717) is 34.8 Å². The molecule has 27 heavy (non-hydrogen) atoms. The Labute approximate surface area is 155 Å². The molecule has 0 saturated carbocycles. The molecule has 0 saturated heterocycles. The molecule has 1 N–H and O–H groups in total. The highest BCUT2D eigenvalue weighted by atomic mass is 19.4. The summed E-state index contributed by atoms with van der Waals surface area (Å²) in [6, 6.07) is 7.89. The van der Waals surface area contributed by atoms with Crippen LogP contribution >= 0.6 is 0 Å². The number of methoxy groups -OCH3 is 3. The molecule has 0 atom stereocenters. The molecule has 0 spiro atoms. The van der Waals surface area contributed by atoms with Gasteiger partial charge in [0.2, 0.25) is 5.75 Å². The minimum Gasteiger partial charge on any atom is -0.493 e. The molecule has 2 aromatic rings. The molecule has 0 unspecified atom stereocenters. The summed E-state index contributed by atoms with van der Waals surface area (Å²) >= 11 is 0. The van der Waals surface area contributed by atoms with Gasteiger partial charge >= 0.3 is 6.18 Å². The maximum atomic E-state index is 12.6. The Morgan fingerprint density at radius 2 is 1.52 bits per heavy atom. The van der Waals surface area contributed by atoms with Crippen LogP contribution in [0.25, 0.3) is 0 Å². The van der Waals surface area contributed by atoms with Gasteiger partial charge in [0.25, 0.3) is 5.91 Å². The predicted octanol–water partition coefficient (Wildman–Crippen LogP) is 3.70. The summed E-state index contributed by atoms with van der Waals surface area (Å²) in [4.78, 5) is 12.3. The first-order valence-electron chi connectivity index (χ1n) is 8.04. The highest BCUT2D eigenvalue weighted by molar-refractivity contribution is 5.95. The minimum atomic E-state index is -4.36. The van der Waals surface area contributed by atoms with Crippen LogP contribution in [-0.2, 0) is 12.6 Å². The van der Waals surface area contributed by atoms with E-state index >= 15 is 0 Å². The smallest absolute Gasteiger partial charge is 0.416 e. The molecule has 0 fully saturated rings. The third kappa shape index (κ3) is 5.06. The van der Waals surface area contributed by atoms with Crippen LogP contribution in [0.15, 0.2) is 36.4 Å². The van der Waals surface area contributed by atoms with Crippen molar-refractivity contribution in [3.8, 4) is 17.2 Å². The average Bonchev–Trinajstić information content (AvgIpc) is 2.66. The zero-order valence-corrected chi connectivity index (χ0v) is 15.1. The quantitative estimate of drug-likeness (QED) is 0.792. The number of ether oxygens (including phenoxy) is 3. The van der Waals surface area contributed by atoms with Crippen molar-refractivity contribution in [3.63, 3.8) is 0 Å². The van der Waals surface area contributed by atoms with Crippen LogP contribution < -0.4 is 19.5 Å². The molecule has 0 aliphatic rings. The summed E-state index contributed by atoms with van der Waals surface area (Å²) in [5, 5.41) is 2.72. The van der Waals surface area contributed by atoms with Crippen molar-refractivity contribution in [3.05, 3.63) is 53.1 Å². The van der Waals surface area contributed by atoms with E-state index in [4.69, 9.17) is 14.2 Å². The van der Waals surface area contributed by atoms with E-state index in [-0.39, 0.29) is 12.5 Å². The first-order valence-corrected chi connectivity index (χ1v) is 8.04. The van der Waals surface area contributed by atoms with E-state index in [0.717, 1.165) is 12.1 Å². The maximum absolute atomic E-state index is 12.6. The molecule has 0 heterocycles. The van der Waals surface area contributed by atoms with E-state index in [1.807, 2.05) is 0 Å². The van der Waals surface area contributed by atoms with Crippen molar-refractivity contribution in [2.45, 2.75) is 12.6 Å². The Morgan fingerprint density at radius 3 is 1.96 bits per heavy atom. The van der Waals surface area contributed by atoms with Gasteiger partial charge in [-0.1, -0.05) is 12.1 Å². The van der Waals surface area contributed by atoms with Gasteiger partial charge in [-0.25, -0.2) is 0 Å². The molecule has 0 bridgehead atoms. The first kappa shape index (κ1) is 20.4. The number of rotatable bonds is 7. The summed E-state index contributed by atoms with van der Waals surface area (Å²) < 4.78 is 53.3. The van der Waals surface area contributed by atoms with Crippen LogP contribution in [0.5, 0.6) is 17.2 Å². The van der Waals surface area contributed by atoms with Crippen molar-refractivity contribution in [1.82, 2.24) is 5.32 Å². The van der Waals surface area contributed by atoms with Gasteiger partial charge in [-0.15, -0.1) is 0 Å². The van der Waals surface area contributed by atoms with Crippen molar-refractivity contribution in [1.29, 1.82) is 0 Å². The Bertz CT molecular complexity index is 764. The minimum absolute atomic E-state index is 0.265. The second-order valence-corrected chi connectivity index (χ2v) is 5.61. The normalized spacial score (nSPS) is 11.0. The molecule has 8 heteroatoms. The lowest BCUT2D eigenvalue weighted by Gasteiger charge is -2.14. The predicted molar refractivity (Wildman–Crippen MR) is 93.6 cm³/mol. The van der Waals surface area contributed by atoms with Crippen molar-refractivity contribution >= 4 is 5.91 Å². The number of alkyl halides is 3. The maximum Gasteiger partial charge on any atom is 0.416 e. The van der Waals surface area contributed by atoms with Crippen LogP contribution in [0, 0.1) is 0 Å². The molecule has 2 aromatic carbocycles. The van der Waals surface area contributed by atoms with E-state index in [9.17, 15) is 18.0 Å². The monoisotopic (exact) mass is 383 g/mol. The zero-order chi connectivity index (χ0) is 20.0. The molecule has 0 radical (unpaired) electrons. The van der Waals surface area contributed by atoms with Gasteiger partial charge in [-0.2, -0.15) is 13.2 Å². The SMILES string of the molecule is COc1cc(C(=O)NCCc2ccc(C(F)(F)F)cc2)cc(OC)c1OC. The van der Waals surface area contributed by atoms with Gasteiger partial charge < -0.3 is 19.5 Å². The molecule has 1 amide bonds. The van der Waals surface area contributed by atoms with Crippen molar-refractivity contribution < 1.29 is 32.2 Å². The Balaban J connectivity index is 2.01. The van der Waals surface area contributed by atoms with Crippen molar-refractivity contribution in [2.75, 3.05) is 27.9 Å². The third-order valence-corrected chi connectivity index (χ3v) is 3.91. The number of amides is 1. The number of nitrogens with one attached hydrogen (secondary N) is 1. The van der Waals surface area contributed by atoms with Crippen molar-refractivity contribution in [2.24, 2.45) is 0 Å². The lowest BCUT2D eigenvalue weighted by molar-refractivity contribution is -0.137. The second-order valence-electron chi connectivity index (χ2n) is 5.61. The number of benzene rings is 2. The molecular weight excluding hydrogens is 363 g/mol. The Kier molecular flexibility index (Phi) is 6.55. The molecule has 0 aromatic heterocycles. The fourth-order valence-corrected chi connectivity index (χ4v) is 2.50. The molecule has 5 nitrogen and oxygen atoms in total. The second kappa shape index (κ2) is 8.66. The van der Waals surface area contributed by atoms with Gasteiger partial charge in [-0.05, 0) is 36.2 Å². The largest absolute Gasteiger partial charge is 0.493 e. The number of carbonyl (C=O) groups excluding carboxylic acids is 1. The van der Waals surface area contributed by atoms with E-state index in [1.54, 1.807) is 0 Å². The van der Waals surface area contributed by atoms with Gasteiger partial charge in [-0.3, -0.25) is 4.79 Å². The van der Waals surface area contributed by atoms with E-state index < -0.39 is 11.7 Å². The topological polar surface area (TPSA) is 56.8 Å². The lowest BCUT2D eigenvalue weighted by atomic mass is 10.1. The van der Waals surface area contributed by atoms with Gasteiger partial charge in [0.1, 0.15) is 0 Å². The van der Waals surface area contributed by atoms with Crippen LogP contribution in [0.4, 0.5) is 13.2 Å². The fourth-order valence-electron chi connectivity index (χ4n) is 2.50. The molecule has 0 aliphatic carbocycles. The molecule has 0 aliphatic heterocycles. The molecule has 2 rings (SSSR count). The average molecular weight is 383 g/mol. The number of hydrogen-bond acceptors (Lipinski definition) is 4. The first-order chi connectivity index (χ1) is 12.8. The van der Waals surface area contributed by atoms with Gasteiger partial charge in [0.05, 0.1) is 26.9 Å². The van der Waals surface area contributed by atoms with Gasteiger partial charge in [0.15, 0.2) is 11.5 Å². The molecular formula is C19H20F3NO4. The highest BCUT2D eigenvalue weighted by Crippen LogP contribution is 2.38. The van der Waals surface area contributed by atoms with E-state index in [2.05, 4.69) is 5.32 Å². The summed E-state index contributed by atoms with van der Waals surface area (Å²) in [5.74, 6) is 0.719. The van der Waals surface area contributed by atoms with Crippen LogP contribution in [0.3, 0.4) is 0 Å². The highest BCUT2D eigenvalue weighted by Gasteiger charge is 2.29. The third-order valence-electron chi connectivity index (χ3n) is 3.91. The number of carbonyl (C=O) groups is 1. The Morgan fingerprint density at radius 1 is 0.963 bits per heavy atom. The Hall–Kier alpha value is -2.90. The molecule has 146 valence electrons. The van der Waals surface area contributed by atoms with Crippen LogP contribution in [0.2, 0.25) is 0 Å². The summed E-state index contributed by atoms with van der Waals surface area (Å²) in [6.45, 7) is 0.265. The number of hydrogen-bond donors (Lipinski definition) is 1. The van der Waals surface area contributed by atoms with Crippen LogP contribution in [-0.4, -0.2) is 33.8 Å². The lowest BCUT2D eigenvalue weighted by Crippen LogP contribution is -2.25. The summed E-state index contributed by atoms with van der Waals surface area (Å²) in [6.07, 6.45) is -3.96.